The SMILES string of the molecule is OCc1cc2ccc3cccc4c(OCc5ccccc5)cc(c1)c2c34. The summed E-state index contributed by atoms with van der Waals surface area (Å²) in [6, 6.07) is 27.1. The van der Waals surface area contributed by atoms with Crippen LogP contribution in [-0.4, -0.2) is 5.11 Å². The molecule has 2 nitrogen and oxygen atoms in total. The summed E-state index contributed by atoms with van der Waals surface area (Å²) in [5, 5.41) is 16.7. The Hall–Kier alpha value is -3.10. The molecule has 0 aliphatic rings. The van der Waals surface area contributed by atoms with E-state index >= 15 is 0 Å². The summed E-state index contributed by atoms with van der Waals surface area (Å²) in [6.45, 7) is 0.574. The summed E-state index contributed by atoms with van der Waals surface area (Å²) < 4.78 is 6.22. The predicted octanol–water partition coefficient (Wildman–Crippen LogP) is 5.66. The maximum absolute atomic E-state index is 9.61. The van der Waals surface area contributed by atoms with Gasteiger partial charge >= 0.3 is 0 Å². The highest BCUT2D eigenvalue weighted by atomic mass is 16.5. The fraction of sp³-hybridized carbons (Fsp3) is 0.0833. The fourth-order valence-electron chi connectivity index (χ4n) is 3.82. The van der Waals surface area contributed by atoms with E-state index in [0.29, 0.717) is 6.61 Å². The molecule has 0 saturated heterocycles. The summed E-state index contributed by atoms with van der Waals surface area (Å²) in [5.74, 6) is 0.884. The topological polar surface area (TPSA) is 29.5 Å². The second kappa shape index (κ2) is 6.01. The van der Waals surface area contributed by atoms with Gasteiger partial charge in [0.05, 0.1) is 6.61 Å². The van der Waals surface area contributed by atoms with Crippen molar-refractivity contribution in [1.82, 2.24) is 0 Å². The van der Waals surface area contributed by atoms with Crippen molar-refractivity contribution in [2.24, 2.45) is 0 Å². The normalized spacial score (nSPS) is 11.6. The highest BCUT2D eigenvalue weighted by Gasteiger charge is 2.13. The van der Waals surface area contributed by atoms with E-state index in [1.807, 2.05) is 18.2 Å². The summed E-state index contributed by atoms with van der Waals surface area (Å²) >= 11 is 0. The van der Waals surface area contributed by atoms with Crippen LogP contribution in [-0.2, 0) is 13.2 Å². The molecule has 5 aromatic carbocycles. The van der Waals surface area contributed by atoms with Gasteiger partial charge in [0.1, 0.15) is 12.4 Å². The Morgan fingerprint density at radius 3 is 2.31 bits per heavy atom. The first-order chi connectivity index (χ1) is 12.8. The third-order valence-electron chi connectivity index (χ3n) is 5.02. The lowest BCUT2D eigenvalue weighted by Crippen LogP contribution is -1.97. The van der Waals surface area contributed by atoms with Crippen LogP contribution in [0.2, 0.25) is 0 Å². The van der Waals surface area contributed by atoms with Gasteiger partial charge in [-0.2, -0.15) is 0 Å². The van der Waals surface area contributed by atoms with Crippen LogP contribution in [0.3, 0.4) is 0 Å². The van der Waals surface area contributed by atoms with E-state index in [4.69, 9.17) is 4.74 Å². The summed E-state index contributed by atoms with van der Waals surface area (Å²) in [4.78, 5) is 0. The maximum atomic E-state index is 9.61. The van der Waals surface area contributed by atoms with Gasteiger partial charge in [0.25, 0.3) is 0 Å². The lowest BCUT2D eigenvalue weighted by Gasteiger charge is -2.16. The minimum absolute atomic E-state index is 0.0384. The van der Waals surface area contributed by atoms with Gasteiger partial charge in [0.2, 0.25) is 0 Å². The van der Waals surface area contributed by atoms with Crippen LogP contribution >= 0.6 is 0 Å². The van der Waals surface area contributed by atoms with Crippen molar-refractivity contribution in [1.29, 1.82) is 0 Å². The molecule has 126 valence electrons. The molecule has 1 N–H and O–H groups in total. The molecule has 0 atom stereocenters. The molecule has 0 heterocycles. The minimum Gasteiger partial charge on any atom is -0.488 e. The largest absolute Gasteiger partial charge is 0.488 e. The molecular weight excluding hydrogens is 320 g/mol. The van der Waals surface area contributed by atoms with Crippen molar-refractivity contribution < 1.29 is 9.84 Å². The number of hydrogen-bond acceptors (Lipinski definition) is 2. The molecule has 0 aromatic heterocycles. The Kier molecular flexibility index (Phi) is 3.51. The molecule has 0 bridgehead atoms. The quantitative estimate of drug-likeness (QED) is 0.429. The van der Waals surface area contributed by atoms with Gasteiger partial charge in [-0.25, -0.2) is 0 Å². The minimum atomic E-state index is 0.0384. The van der Waals surface area contributed by atoms with Gasteiger partial charge in [-0.1, -0.05) is 60.7 Å². The predicted molar refractivity (Wildman–Crippen MR) is 107 cm³/mol. The molecule has 0 aliphatic carbocycles. The highest BCUT2D eigenvalue weighted by Crippen LogP contribution is 2.40. The summed E-state index contributed by atoms with van der Waals surface area (Å²) in [7, 11) is 0. The molecule has 0 spiro atoms. The molecule has 26 heavy (non-hydrogen) atoms. The molecule has 0 aliphatic heterocycles. The molecule has 0 amide bonds. The third-order valence-corrected chi connectivity index (χ3v) is 5.02. The van der Waals surface area contributed by atoms with Crippen molar-refractivity contribution in [3.8, 4) is 5.75 Å². The van der Waals surface area contributed by atoms with Crippen molar-refractivity contribution in [3.05, 3.63) is 90.0 Å². The summed E-state index contributed by atoms with van der Waals surface area (Å²) in [6.07, 6.45) is 0. The Bertz CT molecular complexity index is 1210. The van der Waals surface area contributed by atoms with Crippen LogP contribution in [0.25, 0.3) is 32.3 Å². The van der Waals surface area contributed by atoms with E-state index in [-0.39, 0.29) is 6.61 Å². The second-order valence-corrected chi connectivity index (χ2v) is 6.69. The smallest absolute Gasteiger partial charge is 0.128 e. The average Bonchev–Trinajstić information content (AvgIpc) is 2.71. The van der Waals surface area contributed by atoms with Crippen LogP contribution in [0.15, 0.2) is 78.9 Å². The zero-order valence-corrected chi connectivity index (χ0v) is 14.3. The number of hydrogen-bond donors (Lipinski definition) is 1. The van der Waals surface area contributed by atoms with E-state index in [9.17, 15) is 5.11 Å². The van der Waals surface area contributed by atoms with Gasteiger partial charge in [-0.05, 0) is 50.9 Å². The summed E-state index contributed by atoms with van der Waals surface area (Å²) in [5.41, 5.74) is 2.07. The monoisotopic (exact) mass is 338 g/mol. The highest BCUT2D eigenvalue weighted by molar-refractivity contribution is 6.24. The Morgan fingerprint density at radius 1 is 0.654 bits per heavy atom. The Morgan fingerprint density at radius 2 is 1.46 bits per heavy atom. The number of aliphatic hydroxyl groups excluding tert-OH is 1. The lowest BCUT2D eigenvalue weighted by atomic mass is 9.92. The average molecular weight is 338 g/mol. The first kappa shape index (κ1) is 15.2. The first-order valence-corrected chi connectivity index (χ1v) is 8.81. The Balaban J connectivity index is 1.74. The number of benzene rings is 5. The van der Waals surface area contributed by atoms with E-state index < -0.39 is 0 Å². The third kappa shape index (κ3) is 2.39. The van der Waals surface area contributed by atoms with Crippen molar-refractivity contribution in [3.63, 3.8) is 0 Å². The Labute approximate surface area is 151 Å². The van der Waals surface area contributed by atoms with Gasteiger partial charge < -0.3 is 9.84 Å². The van der Waals surface area contributed by atoms with Crippen LogP contribution in [0.1, 0.15) is 11.1 Å². The number of rotatable bonds is 4. The zero-order valence-electron chi connectivity index (χ0n) is 14.3. The number of ether oxygens (including phenoxy) is 1. The maximum Gasteiger partial charge on any atom is 0.128 e. The number of aliphatic hydroxyl groups is 1. The van der Waals surface area contributed by atoms with Crippen LogP contribution < -0.4 is 4.74 Å². The molecular formula is C24H18O2. The van der Waals surface area contributed by atoms with E-state index in [1.54, 1.807) is 0 Å². The van der Waals surface area contributed by atoms with Gasteiger partial charge in [-0.15, -0.1) is 0 Å². The van der Waals surface area contributed by atoms with E-state index in [1.165, 1.54) is 16.2 Å². The first-order valence-electron chi connectivity index (χ1n) is 8.81. The van der Waals surface area contributed by atoms with Crippen molar-refractivity contribution in [2.45, 2.75) is 13.2 Å². The van der Waals surface area contributed by atoms with Crippen molar-refractivity contribution in [2.75, 3.05) is 0 Å². The standard InChI is InChI=1S/C24H18O2/c25-14-17-11-19-10-9-18-7-4-8-21-22(13-20(12-17)23(19)24(18)21)26-15-16-5-2-1-3-6-16/h1-13,25H,14-15H2. The van der Waals surface area contributed by atoms with E-state index in [2.05, 4.69) is 60.7 Å². The van der Waals surface area contributed by atoms with Gasteiger partial charge in [0.15, 0.2) is 0 Å². The van der Waals surface area contributed by atoms with Gasteiger partial charge in [0, 0.05) is 10.8 Å². The molecule has 0 saturated carbocycles. The van der Waals surface area contributed by atoms with Crippen LogP contribution in [0.5, 0.6) is 5.75 Å². The zero-order chi connectivity index (χ0) is 17.5. The fourth-order valence-corrected chi connectivity index (χ4v) is 3.82. The molecule has 5 aromatic rings. The second-order valence-electron chi connectivity index (χ2n) is 6.69. The molecule has 2 heteroatoms. The van der Waals surface area contributed by atoms with Gasteiger partial charge in [-0.3, -0.25) is 0 Å². The molecule has 0 unspecified atom stereocenters. The van der Waals surface area contributed by atoms with Crippen LogP contribution in [0, 0.1) is 0 Å². The molecule has 0 fully saturated rings. The molecule has 5 rings (SSSR count). The molecule has 0 radical (unpaired) electrons. The van der Waals surface area contributed by atoms with Crippen LogP contribution in [0.4, 0.5) is 0 Å². The van der Waals surface area contributed by atoms with Crippen molar-refractivity contribution >= 4 is 32.3 Å². The van der Waals surface area contributed by atoms with E-state index in [0.717, 1.165) is 33.0 Å². The lowest BCUT2D eigenvalue weighted by molar-refractivity contribution is 0.282.